The smallest absolute Gasteiger partial charge is 0.236 e. The molecule has 0 aliphatic heterocycles. The lowest BCUT2D eigenvalue weighted by atomic mass is 9.90. The van der Waals surface area contributed by atoms with Gasteiger partial charge in [-0.15, -0.1) is 11.3 Å². The quantitative estimate of drug-likeness (QED) is 0.322. The van der Waals surface area contributed by atoms with E-state index >= 15 is 0 Å². The van der Waals surface area contributed by atoms with E-state index in [1.54, 1.807) is 11.3 Å². The third-order valence-corrected chi connectivity index (χ3v) is 6.64. The van der Waals surface area contributed by atoms with Gasteiger partial charge in [-0.25, -0.2) is 4.98 Å². The highest BCUT2D eigenvalue weighted by Crippen LogP contribution is 2.33. The van der Waals surface area contributed by atoms with E-state index in [0.717, 1.165) is 38.5 Å². The van der Waals surface area contributed by atoms with Gasteiger partial charge in [-0.2, -0.15) is 0 Å². The molecule has 0 saturated carbocycles. The number of para-hydroxylation sites is 1. The second-order valence-electron chi connectivity index (χ2n) is 7.76. The van der Waals surface area contributed by atoms with Gasteiger partial charge in [0.1, 0.15) is 5.01 Å². The number of nitrogens with zero attached hydrogens (tertiary/aromatic N) is 1. The highest BCUT2D eigenvalue weighted by Gasteiger charge is 2.23. The van der Waals surface area contributed by atoms with Gasteiger partial charge in [0, 0.05) is 11.3 Å². The molecule has 0 radical (unpaired) electrons. The van der Waals surface area contributed by atoms with Crippen molar-refractivity contribution in [3.63, 3.8) is 0 Å². The number of aromatic nitrogens is 1. The fourth-order valence-electron chi connectivity index (χ4n) is 3.92. The maximum atomic E-state index is 13.4. The molecule has 32 heavy (non-hydrogen) atoms. The first kappa shape index (κ1) is 20.2. The highest BCUT2D eigenvalue weighted by molar-refractivity contribution is 7.21. The van der Waals surface area contributed by atoms with Crippen molar-refractivity contribution in [1.82, 2.24) is 4.98 Å². The zero-order chi connectivity index (χ0) is 21.9. The van der Waals surface area contributed by atoms with Crippen molar-refractivity contribution in [2.75, 3.05) is 5.32 Å². The highest BCUT2D eigenvalue weighted by atomic mass is 32.1. The fraction of sp³-hybridized carbons (Fsp3) is 0.0714. The molecule has 0 unspecified atom stereocenters. The van der Waals surface area contributed by atoms with Crippen LogP contribution >= 0.6 is 11.3 Å². The molecular weight excluding hydrogens is 412 g/mol. The summed E-state index contributed by atoms with van der Waals surface area (Å²) < 4.78 is 1.17. The number of anilines is 1. The maximum absolute atomic E-state index is 13.4. The molecule has 1 aromatic heterocycles. The van der Waals surface area contributed by atoms with Crippen LogP contribution in [0.2, 0.25) is 0 Å². The number of thiazole rings is 1. The van der Waals surface area contributed by atoms with E-state index in [9.17, 15) is 4.79 Å². The SMILES string of the molecule is Cc1cc(-c2nc3ccccc3s2)ccc1NC(=O)C(c1ccccc1)c1ccccc1. The van der Waals surface area contributed by atoms with Crippen LogP contribution in [0.1, 0.15) is 22.6 Å². The zero-order valence-electron chi connectivity index (χ0n) is 17.7. The summed E-state index contributed by atoms with van der Waals surface area (Å²) in [6, 6.07) is 34.1. The third kappa shape index (κ3) is 4.05. The standard InChI is InChI=1S/C28H22N2OS/c1-19-18-22(28-30-24-14-8-9-15-25(24)32-28)16-17-23(19)29-27(31)26(20-10-4-2-5-11-20)21-12-6-3-7-13-21/h2-18,26H,1H3,(H,29,31). The molecule has 1 amide bonds. The first-order chi connectivity index (χ1) is 15.7. The lowest BCUT2D eigenvalue weighted by Crippen LogP contribution is -2.22. The van der Waals surface area contributed by atoms with Crippen LogP contribution < -0.4 is 5.32 Å². The Morgan fingerprint density at radius 3 is 2.06 bits per heavy atom. The van der Waals surface area contributed by atoms with Gasteiger partial charge in [-0.1, -0.05) is 72.8 Å². The van der Waals surface area contributed by atoms with Gasteiger partial charge in [0.2, 0.25) is 5.91 Å². The molecule has 0 bridgehead atoms. The molecular formula is C28H22N2OS. The second-order valence-corrected chi connectivity index (χ2v) is 8.79. The number of carbonyl (C=O) groups excluding carboxylic acids is 1. The molecule has 5 aromatic rings. The van der Waals surface area contributed by atoms with Gasteiger partial charge in [-0.05, 0) is 53.9 Å². The van der Waals surface area contributed by atoms with E-state index in [1.807, 2.05) is 97.9 Å². The van der Waals surface area contributed by atoms with Crippen LogP contribution in [0.25, 0.3) is 20.8 Å². The molecule has 156 valence electrons. The van der Waals surface area contributed by atoms with Crippen LogP contribution in [0.3, 0.4) is 0 Å². The number of fused-ring (bicyclic) bond motifs is 1. The van der Waals surface area contributed by atoms with Crippen LogP contribution in [-0.4, -0.2) is 10.9 Å². The maximum Gasteiger partial charge on any atom is 0.236 e. The average Bonchev–Trinajstić information content (AvgIpc) is 3.26. The molecule has 0 aliphatic rings. The molecule has 1 heterocycles. The number of hydrogen-bond donors (Lipinski definition) is 1. The van der Waals surface area contributed by atoms with Gasteiger partial charge < -0.3 is 5.32 Å². The van der Waals surface area contributed by atoms with Crippen molar-refractivity contribution < 1.29 is 4.79 Å². The number of hydrogen-bond acceptors (Lipinski definition) is 3. The molecule has 4 heteroatoms. The Balaban J connectivity index is 1.44. The zero-order valence-corrected chi connectivity index (χ0v) is 18.5. The summed E-state index contributed by atoms with van der Waals surface area (Å²) >= 11 is 1.68. The Morgan fingerprint density at radius 2 is 1.44 bits per heavy atom. The number of benzene rings is 4. The minimum absolute atomic E-state index is 0.0433. The van der Waals surface area contributed by atoms with Crippen molar-refractivity contribution in [2.45, 2.75) is 12.8 Å². The molecule has 0 atom stereocenters. The van der Waals surface area contributed by atoms with Gasteiger partial charge in [0.25, 0.3) is 0 Å². The molecule has 0 aliphatic carbocycles. The van der Waals surface area contributed by atoms with Crippen molar-refractivity contribution in [1.29, 1.82) is 0 Å². The number of carbonyl (C=O) groups is 1. The number of rotatable bonds is 5. The molecule has 4 aromatic carbocycles. The third-order valence-electron chi connectivity index (χ3n) is 5.55. The predicted molar refractivity (Wildman–Crippen MR) is 133 cm³/mol. The summed E-state index contributed by atoms with van der Waals surface area (Å²) in [7, 11) is 0. The van der Waals surface area contributed by atoms with Gasteiger partial charge in [-0.3, -0.25) is 4.79 Å². The summed E-state index contributed by atoms with van der Waals surface area (Å²) in [6.07, 6.45) is 0. The monoisotopic (exact) mass is 434 g/mol. The van der Waals surface area contributed by atoms with Gasteiger partial charge in [0.15, 0.2) is 0 Å². The summed E-state index contributed by atoms with van der Waals surface area (Å²) in [6.45, 7) is 2.02. The van der Waals surface area contributed by atoms with E-state index in [4.69, 9.17) is 4.98 Å². The summed E-state index contributed by atoms with van der Waals surface area (Å²) in [4.78, 5) is 18.2. The lowest BCUT2D eigenvalue weighted by Gasteiger charge is -2.19. The Bertz CT molecular complexity index is 1300. The van der Waals surface area contributed by atoms with Crippen molar-refractivity contribution in [3.05, 3.63) is 120 Å². The van der Waals surface area contributed by atoms with E-state index in [1.165, 1.54) is 4.70 Å². The van der Waals surface area contributed by atoms with Crippen molar-refractivity contribution in [2.24, 2.45) is 0 Å². The predicted octanol–water partition coefficient (Wildman–Crippen LogP) is 7.04. The summed E-state index contributed by atoms with van der Waals surface area (Å²) in [5.41, 5.74) is 5.84. The molecule has 5 rings (SSSR count). The topological polar surface area (TPSA) is 42.0 Å². The molecule has 1 N–H and O–H groups in total. The van der Waals surface area contributed by atoms with E-state index in [0.29, 0.717) is 0 Å². The Morgan fingerprint density at radius 1 is 0.812 bits per heavy atom. The molecule has 0 fully saturated rings. The Hall–Kier alpha value is -3.76. The fourth-order valence-corrected chi connectivity index (χ4v) is 4.89. The first-order valence-corrected chi connectivity index (χ1v) is 11.4. The minimum Gasteiger partial charge on any atom is -0.325 e. The first-order valence-electron chi connectivity index (χ1n) is 10.6. The number of aryl methyl sites for hydroxylation is 1. The van der Waals surface area contributed by atoms with E-state index in [-0.39, 0.29) is 11.8 Å². The van der Waals surface area contributed by atoms with Crippen LogP contribution in [0, 0.1) is 6.92 Å². The van der Waals surface area contributed by atoms with E-state index < -0.39 is 0 Å². The minimum atomic E-state index is -0.374. The van der Waals surface area contributed by atoms with Gasteiger partial charge in [0.05, 0.1) is 16.1 Å². The van der Waals surface area contributed by atoms with Crippen molar-refractivity contribution >= 4 is 33.1 Å². The summed E-state index contributed by atoms with van der Waals surface area (Å²) in [5, 5.41) is 4.14. The Kier molecular flexibility index (Phi) is 5.53. The van der Waals surface area contributed by atoms with Gasteiger partial charge >= 0.3 is 0 Å². The number of amides is 1. The lowest BCUT2D eigenvalue weighted by molar-refractivity contribution is -0.116. The molecule has 0 spiro atoms. The number of nitrogens with one attached hydrogen (secondary N) is 1. The second kappa shape index (κ2) is 8.77. The molecule has 3 nitrogen and oxygen atoms in total. The van der Waals surface area contributed by atoms with Crippen LogP contribution in [0.5, 0.6) is 0 Å². The normalized spacial score (nSPS) is 11.1. The molecule has 0 saturated heterocycles. The van der Waals surface area contributed by atoms with Crippen LogP contribution in [-0.2, 0) is 4.79 Å². The van der Waals surface area contributed by atoms with Crippen LogP contribution in [0.4, 0.5) is 5.69 Å². The van der Waals surface area contributed by atoms with Crippen LogP contribution in [0.15, 0.2) is 103 Å². The average molecular weight is 435 g/mol. The van der Waals surface area contributed by atoms with E-state index in [2.05, 4.69) is 17.4 Å². The Labute approximate surface area is 191 Å². The largest absolute Gasteiger partial charge is 0.325 e. The summed E-state index contributed by atoms with van der Waals surface area (Å²) in [5.74, 6) is -0.418. The van der Waals surface area contributed by atoms with Crippen molar-refractivity contribution in [3.8, 4) is 10.6 Å².